The second-order valence-corrected chi connectivity index (χ2v) is 5.68. The fraction of sp³-hybridized carbons (Fsp3) is 0.417. The molecule has 0 radical (unpaired) electrons. The van der Waals surface area contributed by atoms with Gasteiger partial charge < -0.3 is 15.0 Å². The van der Waals surface area contributed by atoms with Crippen LogP contribution in [0.1, 0.15) is 13.3 Å². The largest absolute Gasteiger partial charge is 0.387 e. The Kier molecular flexibility index (Phi) is 4.33. The Hall–Kier alpha value is -1.96. The zero-order valence-electron chi connectivity index (χ0n) is 10.8. The van der Waals surface area contributed by atoms with Gasteiger partial charge in [0.15, 0.2) is 5.12 Å². The van der Waals surface area contributed by atoms with Crippen LogP contribution in [0.5, 0.6) is 0 Å². The Balaban J connectivity index is 2.16. The summed E-state index contributed by atoms with van der Waals surface area (Å²) in [7, 11) is 0. The molecule has 2 heterocycles. The van der Waals surface area contributed by atoms with Crippen molar-refractivity contribution in [3.05, 3.63) is 28.4 Å². The Bertz CT molecular complexity index is 563. The highest BCUT2D eigenvalue weighted by molar-refractivity contribution is 8.13. The molecule has 0 bridgehead atoms. The molecule has 1 amide bonds. The molecule has 0 N–H and O–H groups in total. The lowest BCUT2D eigenvalue weighted by molar-refractivity contribution is -0.388. The lowest BCUT2D eigenvalue weighted by Crippen LogP contribution is -2.25. The summed E-state index contributed by atoms with van der Waals surface area (Å²) >= 11 is 1.17. The van der Waals surface area contributed by atoms with E-state index in [1.54, 1.807) is 6.07 Å². The number of hydrogen-bond acceptors (Lipinski definition) is 6. The van der Waals surface area contributed by atoms with E-state index in [0.29, 0.717) is 18.7 Å². The first-order valence-electron chi connectivity index (χ1n) is 6.02. The standard InChI is InChI=1S/C12H13N3O4S/c1-8(16)20-7-9-5-11(17)14(6-9)10-3-2-4-13-12(10)15(18)19/h2-4,9H,5-7H2,1H3. The molecule has 1 aliphatic rings. The Morgan fingerprint density at radius 1 is 1.65 bits per heavy atom. The van der Waals surface area contributed by atoms with Gasteiger partial charge in [-0.25, -0.2) is 0 Å². The van der Waals surface area contributed by atoms with Gasteiger partial charge >= 0.3 is 5.82 Å². The van der Waals surface area contributed by atoms with E-state index in [1.807, 2.05) is 0 Å². The molecule has 0 spiro atoms. The quantitative estimate of drug-likeness (QED) is 0.619. The van der Waals surface area contributed by atoms with Gasteiger partial charge in [0, 0.05) is 25.6 Å². The highest BCUT2D eigenvalue weighted by Crippen LogP contribution is 2.32. The number of carbonyl (C=O) groups excluding carboxylic acids is 2. The van der Waals surface area contributed by atoms with E-state index in [2.05, 4.69) is 4.98 Å². The van der Waals surface area contributed by atoms with Gasteiger partial charge in [0.1, 0.15) is 11.9 Å². The minimum atomic E-state index is -0.597. The summed E-state index contributed by atoms with van der Waals surface area (Å²) in [5, 5.41) is 10.9. The van der Waals surface area contributed by atoms with E-state index in [1.165, 1.54) is 35.8 Å². The highest BCUT2D eigenvalue weighted by atomic mass is 32.2. The molecular formula is C12H13N3O4S. The van der Waals surface area contributed by atoms with Gasteiger partial charge in [0.2, 0.25) is 5.91 Å². The normalized spacial score (nSPS) is 18.4. The number of carbonyl (C=O) groups is 2. The summed E-state index contributed by atoms with van der Waals surface area (Å²) in [5.74, 6) is 0.0817. The minimum Gasteiger partial charge on any atom is -0.358 e. The zero-order valence-corrected chi connectivity index (χ0v) is 11.6. The molecule has 20 heavy (non-hydrogen) atoms. The summed E-state index contributed by atoms with van der Waals surface area (Å²) < 4.78 is 0. The number of thioether (sulfide) groups is 1. The van der Waals surface area contributed by atoms with E-state index in [9.17, 15) is 19.7 Å². The summed E-state index contributed by atoms with van der Waals surface area (Å²) in [4.78, 5) is 38.4. The number of hydrogen-bond donors (Lipinski definition) is 0. The van der Waals surface area contributed by atoms with Crippen molar-refractivity contribution < 1.29 is 14.5 Å². The second kappa shape index (κ2) is 6.00. The van der Waals surface area contributed by atoms with Crippen molar-refractivity contribution in [3.8, 4) is 0 Å². The molecule has 1 aliphatic heterocycles. The number of nitro groups is 1. The molecule has 0 aromatic carbocycles. The van der Waals surface area contributed by atoms with Crippen molar-refractivity contribution in [2.75, 3.05) is 17.2 Å². The van der Waals surface area contributed by atoms with E-state index in [-0.39, 0.29) is 28.4 Å². The maximum atomic E-state index is 12.0. The van der Waals surface area contributed by atoms with Crippen LogP contribution in [0.3, 0.4) is 0 Å². The van der Waals surface area contributed by atoms with Crippen LogP contribution < -0.4 is 4.90 Å². The van der Waals surface area contributed by atoms with Crippen molar-refractivity contribution in [1.82, 2.24) is 4.98 Å². The van der Waals surface area contributed by atoms with Gasteiger partial charge in [-0.05, 0) is 28.0 Å². The third-order valence-electron chi connectivity index (χ3n) is 2.96. The van der Waals surface area contributed by atoms with Crippen molar-refractivity contribution >= 4 is 34.3 Å². The second-order valence-electron chi connectivity index (χ2n) is 4.48. The van der Waals surface area contributed by atoms with E-state index in [4.69, 9.17) is 0 Å². The van der Waals surface area contributed by atoms with Crippen LogP contribution >= 0.6 is 11.8 Å². The van der Waals surface area contributed by atoms with E-state index in [0.717, 1.165) is 0 Å². The molecule has 1 fully saturated rings. The molecular weight excluding hydrogens is 282 g/mol. The van der Waals surface area contributed by atoms with Gasteiger partial charge in [-0.15, -0.1) is 0 Å². The van der Waals surface area contributed by atoms with E-state index >= 15 is 0 Å². The van der Waals surface area contributed by atoms with Gasteiger partial charge in [-0.2, -0.15) is 0 Å². The molecule has 7 nitrogen and oxygen atoms in total. The summed E-state index contributed by atoms with van der Waals surface area (Å²) in [6.07, 6.45) is 1.62. The van der Waals surface area contributed by atoms with Crippen LogP contribution in [0.2, 0.25) is 0 Å². The van der Waals surface area contributed by atoms with Crippen LogP contribution in [-0.2, 0) is 9.59 Å². The molecule has 8 heteroatoms. The number of rotatable bonds is 4. The van der Waals surface area contributed by atoms with Gasteiger partial charge in [0.05, 0.1) is 0 Å². The van der Waals surface area contributed by atoms with Crippen LogP contribution in [-0.4, -0.2) is 33.2 Å². The molecule has 1 unspecified atom stereocenters. The topological polar surface area (TPSA) is 93.4 Å². The van der Waals surface area contributed by atoms with Crippen LogP contribution in [0.4, 0.5) is 11.5 Å². The molecule has 0 aliphatic carbocycles. The van der Waals surface area contributed by atoms with Crippen molar-refractivity contribution in [2.24, 2.45) is 5.92 Å². The molecule has 0 saturated carbocycles. The van der Waals surface area contributed by atoms with Crippen LogP contribution in [0.25, 0.3) is 0 Å². The van der Waals surface area contributed by atoms with E-state index < -0.39 is 4.92 Å². The van der Waals surface area contributed by atoms with Crippen molar-refractivity contribution in [3.63, 3.8) is 0 Å². The molecule has 1 aromatic heterocycles. The van der Waals surface area contributed by atoms with Crippen molar-refractivity contribution in [1.29, 1.82) is 0 Å². The summed E-state index contributed by atoms with van der Waals surface area (Å²) in [6.45, 7) is 1.86. The molecule has 1 aromatic rings. The molecule has 2 rings (SSSR count). The lowest BCUT2D eigenvalue weighted by atomic mass is 10.1. The third kappa shape index (κ3) is 3.13. The summed E-state index contributed by atoms with van der Waals surface area (Å²) in [5.41, 5.74) is 0.220. The first-order valence-corrected chi connectivity index (χ1v) is 7.00. The number of nitrogens with zero attached hydrogens (tertiary/aromatic N) is 3. The number of anilines is 1. The lowest BCUT2D eigenvalue weighted by Gasteiger charge is -2.15. The average molecular weight is 295 g/mol. The minimum absolute atomic E-state index is 0.00302. The average Bonchev–Trinajstić information content (AvgIpc) is 2.77. The smallest absolute Gasteiger partial charge is 0.358 e. The monoisotopic (exact) mass is 295 g/mol. The molecule has 106 valence electrons. The third-order valence-corrected chi connectivity index (χ3v) is 4.00. The Morgan fingerprint density at radius 3 is 3.05 bits per heavy atom. The highest BCUT2D eigenvalue weighted by Gasteiger charge is 2.34. The maximum Gasteiger partial charge on any atom is 0.387 e. The van der Waals surface area contributed by atoms with Crippen LogP contribution in [0, 0.1) is 16.0 Å². The molecule has 1 saturated heterocycles. The SMILES string of the molecule is CC(=O)SCC1CC(=O)N(c2cccnc2[N+](=O)[O-])C1. The predicted molar refractivity (Wildman–Crippen MR) is 74.5 cm³/mol. The first-order chi connectivity index (χ1) is 9.49. The van der Waals surface area contributed by atoms with Gasteiger partial charge in [0.25, 0.3) is 0 Å². The maximum absolute atomic E-state index is 12.0. The van der Waals surface area contributed by atoms with Gasteiger partial charge in [-0.1, -0.05) is 11.8 Å². The first kappa shape index (κ1) is 14.4. The number of amides is 1. The molecule has 1 atom stereocenters. The number of pyridine rings is 1. The van der Waals surface area contributed by atoms with Crippen LogP contribution in [0.15, 0.2) is 18.3 Å². The Labute approximate surface area is 119 Å². The van der Waals surface area contributed by atoms with Crippen molar-refractivity contribution in [2.45, 2.75) is 13.3 Å². The fourth-order valence-corrected chi connectivity index (χ4v) is 2.79. The predicted octanol–water partition coefficient (Wildman–Crippen LogP) is 1.62. The Morgan fingerprint density at radius 2 is 2.40 bits per heavy atom. The fourth-order valence-electron chi connectivity index (χ4n) is 2.10. The number of aromatic nitrogens is 1. The van der Waals surface area contributed by atoms with Gasteiger partial charge in [-0.3, -0.25) is 9.59 Å². The summed E-state index contributed by atoms with van der Waals surface area (Å²) in [6, 6.07) is 3.08. The zero-order chi connectivity index (χ0) is 14.7.